The number of likely N-dealkylation sites (tertiary alicyclic amines) is 2. The van der Waals surface area contributed by atoms with E-state index in [9.17, 15) is 14.4 Å². The Hall–Kier alpha value is -3.20. The summed E-state index contributed by atoms with van der Waals surface area (Å²) < 4.78 is 10.9. The Kier molecular flexibility index (Phi) is 6.86. The normalized spacial score (nSPS) is 17.6. The smallest absolute Gasteiger partial charge is 0.309 e. The van der Waals surface area contributed by atoms with Gasteiger partial charge in [-0.1, -0.05) is 18.2 Å². The maximum absolute atomic E-state index is 13.0. The maximum atomic E-state index is 13.0. The van der Waals surface area contributed by atoms with Crippen LogP contribution in [-0.4, -0.2) is 65.4 Å². The van der Waals surface area contributed by atoms with Crippen molar-refractivity contribution in [3.63, 3.8) is 0 Å². The van der Waals surface area contributed by atoms with Crippen LogP contribution in [-0.2, 0) is 9.53 Å². The first-order valence-corrected chi connectivity index (χ1v) is 13.1. The number of carbonyl (C=O) groups excluding carboxylic acids is 3. The highest BCUT2D eigenvalue weighted by Crippen LogP contribution is 2.32. The lowest BCUT2D eigenvalue weighted by atomic mass is 9.96. The van der Waals surface area contributed by atoms with Crippen LogP contribution in [0.25, 0.3) is 11.0 Å². The quantitative estimate of drug-likeness (QED) is 0.490. The molecule has 0 N–H and O–H groups in total. The van der Waals surface area contributed by atoms with Gasteiger partial charge in [0.2, 0.25) is 0 Å². The zero-order valence-electron chi connectivity index (χ0n) is 19.8. The number of para-hydroxylation sites is 1. The summed E-state index contributed by atoms with van der Waals surface area (Å²) in [6.07, 6.45) is 2.86. The summed E-state index contributed by atoms with van der Waals surface area (Å²) in [5, 5.41) is 3.71. The number of benzene rings is 1. The molecule has 0 atom stereocenters. The number of nitrogens with zero attached hydrogens (tertiary/aromatic N) is 3. The van der Waals surface area contributed by atoms with Crippen LogP contribution in [0.15, 0.2) is 40.1 Å². The molecule has 0 radical (unpaired) electrons. The Morgan fingerprint density at radius 2 is 1.71 bits per heavy atom. The van der Waals surface area contributed by atoms with E-state index in [0.717, 1.165) is 28.8 Å². The van der Waals surface area contributed by atoms with Crippen molar-refractivity contribution in [2.75, 3.05) is 32.8 Å². The van der Waals surface area contributed by atoms with Crippen molar-refractivity contribution in [2.45, 2.75) is 38.5 Å². The molecule has 184 valence electrons. The summed E-state index contributed by atoms with van der Waals surface area (Å²) in [5.41, 5.74) is 1.19. The van der Waals surface area contributed by atoms with Gasteiger partial charge < -0.3 is 19.0 Å². The molecule has 35 heavy (non-hydrogen) atoms. The number of hydrogen-bond acceptors (Lipinski definition) is 7. The molecular weight excluding hydrogens is 466 g/mol. The predicted molar refractivity (Wildman–Crippen MR) is 131 cm³/mol. The lowest BCUT2D eigenvalue weighted by Crippen LogP contribution is -2.40. The van der Waals surface area contributed by atoms with Crippen molar-refractivity contribution in [3.05, 3.63) is 52.2 Å². The number of thiazole rings is 1. The van der Waals surface area contributed by atoms with E-state index in [-0.39, 0.29) is 29.6 Å². The Bertz CT molecular complexity index is 1190. The number of piperidine rings is 2. The van der Waals surface area contributed by atoms with Crippen LogP contribution in [0.1, 0.15) is 64.6 Å². The summed E-state index contributed by atoms with van der Waals surface area (Å²) in [6.45, 7) is 4.52. The highest BCUT2D eigenvalue weighted by atomic mass is 32.1. The lowest BCUT2D eigenvalue weighted by Gasteiger charge is -2.31. The van der Waals surface area contributed by atoms with Crippen molar-refractivity contribution in [3.8, 4) is 0 Å². The van der Waals surface area contributed by atoms with Gasteiger partial charge in [-0.15, -0.1) is 11.3 Å². The molecule has 0 bridgehead atoms. The number of hydrogen-bond donors (Lipinski definition) is 0. The number of amides is 2. The summed E-state index contributed by atoms with van der Waals surface area (Å²) in [4.78, 5) is 46.1. The first-order chi connectivity index (χ1) is 17.0. The number of fused-ring (bicyclic) bond motifs is 1. The summed E-state index contributed by atoms with van der Waals surface area (Å²) in [5.74, 6) is 0.153. The van der Waals surface area contributed by atoms with Crippen molar-refractivity contribution >= 4 is 40.1 Å². The number of furan rings is 1. The number of aromatic nitrogens is 1. The summed E-state index contributed by atoms with van der Waals surface area (Å²) in [7, 11) is 0. The number of carbonyl (C=O) groups is 3. The van der Waals surface area contributed by atoms with Crippen LogP contribution >= 0.6 is 11.3 Å². The molecule has 2 saturated heterocycles. The Morgan fingerprint density at radius 3 is 2.43 bits per heavy atom. The summed E-state index contributed by atoms with van der Waals surface area (Å²) in [6, 6.07) is 9.42. The molecule has 2 aliphatic rings. The summed E-state index contributed by atoms with van der Waals surface area (Å²) >= 11 is 1.51. The van der Waals surface area contributed by atoms with E-state index in [4.69, 9.17) is 9.15 Å². The van der Waals surface area contributed by atoms with Crippen molar-refractivity contribution in [1.29, 1.82) is 0 Å². The van der Waals surface area contributed by atoms with E-state index in [1.165, 1.54) is 11.3 Å². The molecule has 5 rings (SSSR count). The molecule has 2 aromatic heterocycles. The Labute approximate surface area is 207 Å². The Morgan fingerprint density at radius 1 is 1.03 bits per heavy atom. The van der Waals surface area contributed by atoms with Gasteiger partial charge in [0.15, 0.2) is 5.76 Å². The molecule has 9 heteroatoms. The molecule has 0 aliphatic carbocycles. The molecule has 8 nitrogen and oxygen atoms in total. The van der Waals surface area contributed by atoms with Crippen LogP contribution in [0.3, 0.4) is 0 Å². The molecule has 2 fully saturated rings. The van der Waals surface area contributed by atoms with Gasteiger partial charge in [-0.05, 0) is 44.7 Å². The van der Waals surface area contributed by atoms with E-state index in [1.54, 1.807) is 17.9 Å². The molecule has 1 aromatic carbocycles. The second-order valence-electron chi connectivity index (χ2n) is 9.10. The first kappa shape index (κ1) is 23.5. The van der Waals surface area contributed by atoms with Gasteiger partial charge in [0.1, 0.15) is 11.3 Å². The molecule has 4 heterocycles. The number of ether oxygens (including phenoxy) is 1. The van der Waals surface area contributed by atoms with Gasteiger partial charge in [0.25, 0.3) is 11.8 Å². The zero-order chi connectivity index (χ0) is 24.4. The van der Waals surface area contributed by atoms with Gasteiger partial charge >= 0.3 is 5.97 Å². The standard InChI is InChI=1S/C26H29N3O5S/c1-2-33-26(32)18-9-13-28(14-10-18)24(30)20-16-35-23(27-20)17-7-11-29(12-8-17)25(31)22-15-19-5-3-4-6-21(19)34-22/h3-6,15-18H,2,7-14H2,1H3. The monoisotopic (exact) mass is 495 g/mol. The molecule has 2 amide bonds. The van der Waals surface area contributed by atoms with E-state index >= 15 is 0 Å². The van der Waals surface area contributed by atoms with Crippen molar-refractivity contribution < 1.29 is 23.5 Å². The minimum absolute atomic E-state index is 0.0766. The SMILES string of the molecule is CCOC(=O)C1CCN(C(=O)c2csc(C3CCN(C(=O)c4cc5ccccc5o4)CC3)n2)CC1. The molecular formula is C26H29N3O5S. The highest BCUT2D eigenvalue weighted by Gasteiger charge is 2.31. The minimum Gasteiger partial charge on any atom is -0.466 e. The largest absolute Gasteiger partial charge is 0.466 e. The lowest BCUT2D eigenvalue weighted by molar-refractivity contribution is -0.149. The second kappa shape index (κ2) is 10.2. The van der Waals surface area contributed by atoms with Gasteiger partial charge in [0.05, 0.1) is 17.5 Å². The fraction of sp³-hybridized carbons (Fsp3) is 0.462. The third kappa shape index (κ3) is 4.96. The first-order valence-electron chi connectivity index (χ1n) is 12.2. The van der Waals surface area contributed by atoms with Crippen LogP contribution in [0, 0.1) is 5.92 Å². The van der Waals surface area contributed by atoms with Gasteiger partial charge in [-0.25, -0.2) is 4.98 Å². The van der Waals surface area contributed by atoms with E-state index in [1.807, 2.05) is 34.5 Å². The zero-order valence-corrected chi connectivity index (χ0v) is 20.6. The molecule has 2 aliphatic heterocycles. The molecule has 0 saturated carbocycles. The second-order valence-corrected chi connectivity index (χ2v) is 9.99. The third-order valence-corrected chi connectivity index (χ3v) is 7.92. The van der Waals surface area contributed by atoms with Gasteiger partial charge in [0, 0.05) is 42.9 Å². The van der Waals surface area contributed by atoms with E-state index in [2.05, 4.69) is 4.98 Å². The fourth-order valence-corrected chi connectivity index (χ4v) is 5.85. The van der Waals surface area contributed by atoms with Crippen molar-refractivity contribution in [1.82, 2.24) is 14.8 Å². The van der Waals surface area contributed by atoms with Crippen LogP contribution in [0.2, 0.25) is 0 Å². The van der Waals surface area contributed by atoms with Gasteiger partial charge in [-0.2, -0.15) is 0 Å². The highest BCUT2D eigenvalue weighted by molar-refractivity contribution is 7.09. The van der Waals surface area contributed by atoms with E-state index < -0.39 is 0 Å². The topological polar surface area (TPSA) is 93.0 Å². The number of esters is 1. The Balaban J connectivity index is 1.15. The fourth-order valence-electron chi connectivity index (χ4n) is 4.89. The molecule has 0 unspecified atom stereocenters. The minimum atomic E-state index is -0.166. The third-order valence-electron chi connectivity index (χ3n) is 6.91. The van der Waals surface area contributed by atoms with Crippen LogP contribution in [0.5, 0.6) is 0 Å². The van der Waals surface area contributed by atoms with Crippen LogP contribution < -0.4 is 0 Å². The van der Waals surface area contributed by atoms with Crippen LogP contribution in [0.4, 0.5) is 0 Å². The van der Waals surface area contributed by atoms with E-state index in [0.29, 0.717) is 57.1 Å². The average molecular weight is 496 g/mol. The van der Waals surface area contributed by atoms with Crippen molar-refractivity contribution in [2.24, 2.45) is 5.92 Å². The number of rotatable bonds is 5. The van der Waals surface area contributed by atoms with Gasteiger partial charge in [-0.3, -0.25) is 14.4 Å². The maximum Gasteiger partial charge on any atom is 0.309 e. The average Bonchev–Trinajstić information content (AvgIpc) is 3.56. The molecule has 3 aromatic rings. The predicted octanol–water partition coefficient (Wildman–Crippen LogP) is 4.32. The molecule has 0 spiro atoms.